The Kier molecular flexibility index (Phi) is 3.93. The summed E-state index contributed by atoms with van der Waals surface area (Å²) in [5, 5.41) is 10.6. The van der Waals surface area contributed by atoms with E-state index < -0.39 is 6.10 Å². The Balaban J connectivity index is 2.14. The first kappa shape index (κ1) is 13.0. The first-order chi connectivity index (χ1) is 8.58. The zero-order valence-electron chi connectivity index (χ0n) is 10.8. The van der Waals surface area contributed by atoms with Gasteiger partial charge in [0.1, 0.15) is 0 Å². The Bertz CT molecular complexity index is 510. The van der Waals surface area contributed by atoms with E-state index in [9.17, 15) is 5.11 Å². The van der Waals surface area contributed by atoms with E-state index in [2.05, 4.69) is 14.9 Å². The van der Waals surface area contributed by atoms with E-state index in [0.29, 0.717) is 0 Å². The lowest BCUT2D eigenvalue weighted by Gasteiger charge is -2.15. The molecule has 1 unspecified atom stereocenters. The molecule has 0 fully saturated rings. The number of pyridine rings is 1. The van der Waals surface area contributed by atoms with Crippen molar-refractivity contribution in [3.63, 3.8) is 0 Å². The van der Waals surface area contributed by atoms with Crippen molar-refractivity contribution in [3.8, 4) is 0 Å². The predicted octanol–water partition coefficient (Wildman–Crippen LogP) is 2.54. The molecule has 0 aliphatic rings. The van der Waals surface area contributed by atoms with Crippen molar-refractivity contribution in [2.24, 2.45) is 0 Å². The van der Waals surface area contributed by atoms with Gasteiger partial charge in [-0.15, -0.1) is 0 Å². The van der Waals surface area contributed by atoms with Gasteiger partial charge in [0.15, 0.2) is 5.13 Å². The smallest absolute Gasteiger partial charge is 0.185 e. The molecule has 0 spiro atoms. The molecule has 1 N–H and O–H groups in total. The third kappa shape index (κ3) is 2.86. The molecular weight excluding hydrogens is 246 g/mol. The largest absolute Gasteiger partial charge is 0.388 e. The number of aliphatic hydroxyl groups excluding tert-OH is 1. The fourth-order valence-corrected chi connectivity index (χ4v) is 2.74. The Labute approximate surface area is 111 Å². The molecule has 5 heteroatoms. The van der Waals surface area contributed by atoms with Gasteiger partial charge in [-0.1, -0.05) is 11.3 Å². The normalized spacial score (nSPS) is 12.4. The SMILES string of the molecule is Cc1nc(N(C)Cc2ccncc2)sc1C(C)O. The Morgan fingerprint density at radius 2 is 2.06 bits per heavy atom. The standard InChI is InChI=1S/C13H17N3OS/c1-9-12(10(2)17)18-13(15-9)16(3)8-11-4-6-14-7-5-11/h4-7,10,17H,8H2,1-3H3. The van der Waals surface area contributed by atoms with Gasteiger partial charge in [-0.3, -0.25) is 4.98 Å². The minimum Gasteiger partial charge on any atom is -0.388 e. The van der Waals surface area contributed by atoms with Gasteiger partial charge < -0.3 is 10.0 Å². The number of aromatic nitrogens is 2. The van der Waals surface area contributed by atoms with Crippen LogP contribution >= 0.6 is 11.3 Å². The second-order valence-electron chi connectivity index (χ2n) is 4.33. The van der Waals surface area contributed by atoms with Crippen molar-refractivity contribution < 1.29 is 5.11 Å². The van der Waals surface area contributed by atoms with Crippen molar-refractivity contribution in [2.75, 3.05) is 11.9 Å². The van der Waals surface area contributed by atoms with E-state index in [4.69, 9.17) is 0 Å². The summed E-state index contributed by atoms with van der Waals surface area (Å²) in [6.07, 6.45) is 3.13. The lowest BCUT2D eigenvalue weighted by Crippen LogP contribution is -2.15. The summed E-state index contributed by atoms with van der Waals surface area (Å²) in [6, 6.07) is 3.99. The molecular formula is C13H17N3OS. The number of anilines is 1. The fraction of sp³-hybridized carbons (Fsp3) is 0.385. The van der Waals surface area contributed by atoms with Gasteiger partial charge in [-0.25, -0.2) is 4.98 Å². The molecule has 0 bridgehead atoms. The first-order valence-electron chi connectivity index (χ1n) is 5.83. The van der Waals surface area contributed by atoms with Gasteiger partial charge in [0.05, 0.1) is 16.7 Å². The quantitative estimate of drug-likeness (QED) is 0.921. The molecule has 2 aromatic heterocycles. The van der Waals surface area contributed by atoms with Gasteiger partial charge >= 0.3 is 0 Å². The molecule has 96 valence electrons. The molecule has 0 saturated carbocycles. The summed E-state index contributed by atoms with van der Waals surface area (Å²) >= 11 is 1.54. The summed E-state index contributed by atoms with van der Waals surface area (Å²) in [4.78, 5) is 11.5. The maximum absolute atomic E-state index is 9.63. The average Bonchev–Trinajstić information content (AvgIpc) is 2.73. The molecule has 0 saturated heterocycles. The van der Waals surface area contributed by atoms with Crippen LogP contribution in [0.4, 0.5) is 5.13 Å². The summed E-state index contributed by atoms with van der Waals surface area (Å²) in [7, 11) is 2.00. The highest BCUT2D eigenvalue weighted by atomic mass is 32.1. The monoisotopic (exact) mass is 263 g/mol. The molecule has 2 aromatic rings. The van der Waals surface area contributed by atoms with E-state index in [0.717, 1.165) is 22.2 Å². The Hall–Kier alpha value is -1.46. The second-order valence-corrected chi connectivity index (χ2v) is 5.34. The van der Waals surface area contributed by atoms with Crippen molar-refractivity contribution >= 4 is 16.5 Å². The van der Waals surface area contributed by atoms with Gasteiger partial charge in [-0.2, -0.15) is 0 Å². The molecule has 4 nitrogen and oxygen atoms in total. The highest BCUT2D eigenvalue weighted by molar-refractivity contribution is 7.15. The predicted molar refractivity (Wildman–Crippen MR) is 73.8 cm³/mol. The van der Waals surface area contributed by atoms with Crippen LogP contribution in [0, 0.1) is 6.92 Å². The van der Waals surface area contributed by atoms with Crippen molar-refractivity contribution in [1.82, 2.24) is 9.97 Å². The minimum atomic E-state index is -0.453. The summed E-state index contributed by atoms with van der Waals surface area (Å²) in [6.45, 7) is 4.49. The molecule has 0 aromatic carbocycles. The summed E-state index contributed by atoms with van der Waals surface area (Å²) < 4.78 is 0. The number of nitrogens with zero attached hydrogens (tertiary/aromatic N) is 3. The lowest BCUT2D eigenvalue weighted by atomic mass is 10.2. The molecule has 1 atom stereocenters. The number of hydrogen-bond donors (Lipinski definition) is 1. The van der Waals surface area contributed by atoms with E-state index in [1.807, 2.05) is 26.1 Å². The average molecular weight is 263 g/mol. The van der Waals surface area contributed by atoms with Gasteiger partial charge in [0.2, 0.25) is 0 Å². The van der Waals surface area contributed by atoms with Crippen LogP contribution < -0.4 is 4.90 Å². The molecule has 18 heavy (non-hydrogen) atoms. The Morgan fingerprint density at radius 1 is 1.39 bits per heavy atom. The molecule has 0 radical (unpaired) electrons. The molecule has 0 aliphatic carbocycles. The van der Waals surface area contributed by atoms with Gasteiger partial charge in [0.25, 0.3) is 0 Å². The zero-order chi connectivity index (χ0) is 13.1. The maximum Gasteiger partial charge on any atom is 0.185 e. The zero-order valence-corrected chi connectivity index (χ0v) is 11.6. The summed E-state index contributed by atoms with van der Waals surface area (Å²) in [5.41, 5.74) is 2.10. The third-order valence-electron chi connectivity index (χ3n) is 2.70. The maximum atomic E-state index is 9.63. The second kappa shape index (κ2) is 5.46. The number of aliphatic hydroxyl groups is 1. The van der Waals surface area contributed by atoms with Crippen LogP contribution in [0.3, 0.4) is 0 Å². The van der Waals surface area contributed by atoms with Gasteiger partial charge in [-0.05, 0) is 31.5 Å². The fourth-order valence-electron chi connectivity index (χ4n) is 1.77. The first-order valence-corrected chi connectivity index (χ1v) is 6.65. The minimum absolute atomic E-state index is 0.453. The van der Waals surface area contributed by atoms with Crippen LogP contribution in [-0.4, -0.2) is 22.1 Å². The third-order valence-corrected chi connectivity index (χ3v) is 4.14. The number of aryl methyl sites for hydroxylation is 1. The molecule has 2 heterocycles. The molecule has 2 rings (SSSR count). The van der Waals surface area contributed by atoms with Crippen LogP contribution in [0.25, 0.3) is 0 Å². The van der Waals surface area contributed by atoms with Crippen molar-refractivity contribution in [2.45, 2.75) is 26.5 Å². The van der Waals surface area contributed by atoms with Crippen LogP contribution in [0.5, 0.6) is 0 Å². The van der Waals surface area contributed by atoms with E-state index in [1.54, 1.807) is 30.7 Å². The number of thiazole rings is 1. The lowest BCUT2D eigenvalue weighted by molar-refractivity contribution is 0.202. The summed E-state index contributed by atoms with van der Waals surface area (Å²) in [5.74, 6) is 0. The molecule has 0 amide bonds. The van der Waals surface area contributed by atoms with Crippen molar-refractivity contribution in [1.29, 1.82) is 0 Å². The van der Waals surface area contributed by atoms with Crippen LogP contribution in [0.15, 0.2) is 24.5 Å². The number of rotatable bonds is 4. The highest BCUT2D eigenvalue weighted by Gasteiger charge is 2.14. The highest BCUT2D eigenvalue weighted by Crippen LogP contribution is 2.30. The van der Waals surface area contributed by atoms with Crippen LogP contribution in [0.2, 0.25) is 0 Å². The van der Waals surface area contributed by atoms with E-state index in [-0.39, 0.29) is 0 Å². The Morgan fingerprint density at radius 3 is 2.61 bits per heavy atom. The number of hydrogen-bond acceptors (Lipinski definition) is 5. The topological polar surface area (TPSA) is 49.2 Å². The van der Waals surface area contributed by atoms with Crippen LogP contribution in [0.1, 0.15) is 29.2 Å². The van der Waals surface area contributed by atoms with E-state index >= 15 is 0 Å². The van der Waals surface area contributed by atoms with E-state index in [1.165, 1.54) is 5.56 Å². The van der Waals surface area contributed by atoms with Gasteiger partial charge in [0, 0.05) is 26.0 Å². The van der Waals surface area contributed by atoms with Crippen LogP contribution in [-0.2, 0) is 6.54 Å². The van der Waals surface area contributed by atoms with Crippen molar-refractivity contribution in [3.05, 3.63) is 40.7 Å². The molecule has 0 aliphatic heterocycles.